The van der Waals surface area contributed by atoms with Gasteiger partial charge in [-0.15, -0.1) is 0 Å². The zero-order chi connectivity index (χ0) is 11.4. The zero-order valence-electron chi connectivity index (χ0n) is 9.22. The van der Waals surface area contributed by atoms with Crippen LogP contribution in [0.25, 0.3) is 0 Å². The van der Waals surface area contributed by atoms with E-state index in [0.29, 0.717) is 13.2 Å². The maximum atomic E-state index is 10.6. The van der Waals surface area contributed by atoms with Gasteiger partial charge in [0.2, 0.25) is 0 Å². The second-order valence-corrected chi connectivity index (χ2v) is 4.13. The first-order chi connectivity index (χ1) is 7.04. The number of aliphatic hydroxyl groups excluding tert-OH is 1. The Kier molecular flexibility index (Phi) is 4.50. The monoisotopic (exact) mass is 217 g/mol. The Morgan fingerprint density at radius 1 is 1.67 bits per heavy atom. The third kappa shape index (κ3) is 3.44. The Bertz CT molecular complexity index is 221. The molecule has 0 bridgehead atoms. The van der Waals surface area contributed by atoms with Gasteiger partial charge in [0, 0.05) is 18.6 Å². The summed E-state index contributed by atoms with van der Waals surface area (Å²) in [5.41, 5.74) is 0. The SMILES string of the molecule is CC1COC(CO)CN1C(C)CC(=O)O. The summed E-state index contributed by atoms with van der Waals surface area (Å²) in [5, 5.41) is 17.7. The Morgan fingerprint density at radius 2 is 2.33 bits per heavy atom. The van der Waals surface area contributed by atoms with Crippen LogP contribution >= 0.6 is 0 Å². The second kappa shape index (κ2) is 5.44. The Labute approximate surface area is 89.6 Å². The number of nitrogens with zero attached hydrogens (tertiary/aromatic N) is 1. The quantitative estimate of drug-likeness (QED) is 0.690. The highest BCUT2D eigenvalue weighted by Crippen LogP contribution is 2.16. The smallest absolute Gasteiger partial charge is 0.304 e. The van der Waals surface area contributed by atoms with Crippen molar-refractivity contribution in [1.82, 2.24) is 4.90 Å². The average molecular weight is 217 g/mol. The molecule has 5 heteroatoms. The predicted molar refractivity (Wildman–Crippen MR) is 54.7 cm³/mol. The molecule has 15 heavy (non-hydrogen) atoms. The number of carboxylic acid groups (broad SMARTS) is 1. The third-order valence-corrected chi connectivity index (χ3v) is 2.79. The summed E-state index contributed by atoms with van der Waals surface area (Å²) in [6.45, 7) is 5.04. The molecule has 1 aliphatic heterocycles. The fourth-order valence-corrected chi connectivity index (χ4v) is 1.93. The fourth-order valence-electron chi connectivity index (χ4n) is 1.93. The van der Waals surface area contributed by atoms with Crippen LogP contribution in [-0.4, -0.2) is 59.0 Å². The minimum Gasteiger partial charge on any atom is -0.481 e. The average Bonchev–Trinajstić information content (AvgIpc) is 2.17. The summed E-state index contributed by atoms with van der Waals surface area (Å²) in [4.78, 5) is 12.7. The van der Waals surface area contributed by atoms with Crippen LogP contribution in [0.1, 0.15) is 20.3 Å². The Balaban J connectivity index is 2.52. The van der Waals surface area contributed by atoms with Gasteiger partial charge in [0.05, 0.1) is 25.7 Å². The number of carboxylic acids is 1. The molecule has 0 aromatic rings. The molecule has 1 rings (SSSR count). The number of aliphatic carboxylic acids is 1. The lowest BCUT2D eigenvalue weighted by Gasteiger charge is -2.40. The van der Waals surface area contributed by atoms with Crippen molar-refractivity contribution < 1.29 is 19.7 Å². The van der Waals surface area contributed by atoms with Gasteiger partial charge in [-0.2, -0.15) is 0 Å². The van der Waals surface area contributed by atoms with Gasteiger partial charge < -0.3 is 14.9 Å². The van der Waals surface area contributed by atoms with Crippen molar-refractivity contribution in [2.45, 2.75) is 38.5 Å². The molecule has 0 amide bonds. The molecule has 3 atom stereocenters. The molecule has 88 valence electrons. The molecule has 0 aromatic heterocycles. The fraction of sp³-hybridized carbons (Fsp3) is 0.900. The predicted octanol–water partition coefficient (Wildman–Crippen LogP) is -0.0688. The van der Waals surface area contributed by atoms with Crippen LogP contribution in [0.15, 0.2) is 0 Å². The van der Waals surface area contributed by atoms with Gasteiger partial charge >= 0.3 is 5.97 Å². The number of ether oxygens (including phenoxy) is 1. The van der Waals surface area contributed by atoms with Crippen molar-refractivity contribution >= 4 is 5.97 Å². The van der Waals surface area contributed by atoms with E-state index < -0.39 is 5.97 Å². The minimum atomic E-state index is -0.790. The molecule has 1 saturated heterocycles. The summed E-state index contributed by atoms with van der Waals surface area (Å²) in [5.74, 6) is -0.790. The summed E-state index contributed by atoms with van der Waals surface area (Å²) >= 11 is 0. The van der Waals surface area contributed by atoms with Crippen molar-refractivity contribution in [2.75, 3.05) is 19.8 Å². The highest BCUT2D eigenvalue weighted by Gasteiger charge is 2.29. The lowest BCUT2D eigenvalue weighted by molar-refractivity contribution is -0.140. The summed E-state index contributed by atoms with van der Waals surface area (Å²) in [7, 11) is 0. The third-order valence-electron chi connectivity index (χ3n) is 2.79. The van der Waals surface area contributed by atoms with Crippen LogP contribution < -0.4 is 0 Å². The number of hydrogen-bond donors (Lipinski definition) is 2. The number of hydrogen-bond acceptors (Lipinski definition) is 4. The van der Waals surface area contributed by atoms with Crippen molar-refractivity contribution in [3.05, 3.63) is 0 Å². The standard InChI is InChI=1S/C10H19NO4/c1-7(3-10(13)14)11-4-9(5-12)15-6-8(11)2/h7-9,12H,3-6H2,1-2H3,(H,13,14). The number of morpholine rings is 1. The number of aliphatic hydroxyl groups is 1. The lowest BCUT2D eigenvalue weighted by atomic mass is 10.1. The van der Waals surface area contributed by atoms with Gasteiger partial charge in [0.1, 0.15) is 0 Å². The van der Waals surface area contributed by atoms with E-state index in [4.69, 9.17) is 14.9 Å². The highest BCUT2D eigenvalue weighted by molar-refractivity contribution is 5.67. The molecule has 0 radical (unpaired) electrons. The molecule has 0 aliphatic carbocycles. The van der Waals surface area contributed by atoms with Gasteiger partial charge in [-0.3, -0.25) is 9.69 Å². The molecular formula is C10H19NO4. The van der Waals surface area contributed by atoms with Gasteiger partial charge in [0.25, 0.3) is 0 Å². The van der Waals surface area contributed by atoms with E-state index in [-0.39, 0.29) is 31.2 Å². The molecular weight excluding hydrogens is 198 g/mol. The Morgan fingerprint density at radius 3 is 2.87 bits per heavy atom. The first-order valence-corrected chi connectivity index (χ1v) is 5.24. The van der Waals surface area contributed by atoms with Crippen molar-refractivity contribution in [1.29, 1.82) is 0 Å². The molecule has 0 aromatic carbocycles. The molecule has 0 spiro atoms. The number of rotatable bonds is 4. The van der Waals surface area contributed by atoms with Gasteiger partial charge in [-0.25, -0.2) is 0 Å². The molecule has 1 heterocycles. The van der Waals surface area contributed by atoms with Crippen LogP contribution in [0.5, 0.6) is 0 Å². The van der Waals surface area contributed by atoms with Crippen molar-refractivity contribution in [3.8, 4) is 0 Å². The van der Waals surface area contributed by atoms with Crippen molar-refractivity contribution in [2.24, 2.45) is 0 Å². The summed E-state index contributed by atoms with van der Waals surface area (Å²) in [6, 6.07) is 0.192. The first-order valence-electron chi connectivity index (χ1n) is 5.24. The van der Waals surface area contributed by atoms with Gasteiger partial charge in [0.15, 0.2) is 0 Å². The van der Waals surface area contributed by atoms with Crippen LogP contribution in [-0.2, 0) is 9.53 Å². The highest BCUT2D eigenvalue weighted by atomic mass is 16.5. The summed E-state index contributed by atoms with van der Waals surface area (Å²) < 4.78 is 5.39. The molecule has 2 N–H and O–H groups in total. The Hall–Kier alpha value is -0.650. The van der Waals surface area contributed by atoms with E-state index in [1.54, 1.807) is 0 Å². The van der Waals surface area contributed by atoms with Crippen LogP contribution in [0.3, 0.4) is 0 Å². The normalized spacial score (nSPS) is 30.1. The van der Waals surface area contributed by atoms with Crippen LogP contribution in [0.2, 0.25) is 0 Å². The zero-order valence-corrected chi connectivity index (χ0v) is 9.22. The van der Waals surface area contributed by atoms with E-state index in [2.05, 4.69) is 4.90 Å². The van der Waals surface area contributed by atoms with Crippen molar-refractivity contribution in [3.63, 3.8) is 0 Å². The first kappa shape index (κ1) is 12.4. The maximum absolute atomic E-state index is 10.6. The van der Waals surface area contributed by atoms with E-state index in [0.717, 1.165) is 0 Å². The second-order valence-electron chi connectivity index (χ2n) is 4.13. The van der Waals surface area contributed by atoms with Gasteiger partial charge in [-0.05, 0) is 13.8 Å². The van der Waals surface area contributed by atoms with Crippen LogP contribution in [0, 0.1) is 0 Å². The molecule has 3 unspecified atom stereocenters. The van der Waals surface area contributed by atoms with E-state index >= 15 is 0 Å². The molecule has 1 aliphatic rings. The largest absolute Gasteiger partial charge is 0.481 e. The molecule has 5 nitrogen and oxygen atoms in total. The van der Waals surface area contributed by atoms with E-state index in [1.165, 1.54) is 0 Å². The minimum absolute atomic E-state index is 0.0109. The van der Waals surface area contributed by atoms with E-state index in [9.17, 15) is 4.79 Å². The molecule has 1 fully saturated rings. The molecule has 0 saturated carbocycles. The summed E-state index contributed by atoms with van der Waals surface area (Å²) in [6.07, 6.45) is -0.0555. The lowest BCUT2D eigenvalue weighted by Crippen LogP contribution is -2.53. The van der Waals surface area contributed by atoms with Crippen LogP contribution in [0.4, 0.5) is 0 Å². The van der Waals surface area contributed by atoms with E-state index in [1.807, 2.05) is 13.8 Å². The maximum Gasteiger partial charge on any atom is 0.304 e. The topological polar surface area (TPSA) is 70.0 Å². The number of carbonyl (C=O) groups is 1. The van der Waals surface area contributed by atoms with Gasteiger partial charge in [-0.1, -0.05) is 0 Å².